The number of esters is 1. The molecule has 0 heterocycles. The predicted octanol–water partition coefficient (Wildman–Crippen LogP) is 3.91. The van der Waals surface area contributed by atoms with Crippen LogP contribution in [0.3, 0.4) is 0 Å². The molecule has 0 unspecified atom stereocenters. The molecule has 0 radical (unpaired) electrons. The summed E-state index contributed by atoms with van der Waals surface area (Å²) in [4.78, 5) is 22.1. The van der Waals surface area contributed by atoms with Gasteiger partial charge in [-0.15, -0.1) is 0 Å². The van der Waals surface area contributed by atoms with Gasteiger partial charge in [-0.2, -0.15) is 0 Å². The van der Waals surface area contributed by atoms with Crippen LogP contribution in [0.4, 0.5) is 5.69 Å². The largest absolute Gasteiger partial charge is 0.423 e. The summed E-state index contributed by atoms with van der Waals surface area (Å²) in [6, 6.07) is 13.1. The first-order chi connectivity index (χ1) is 10.5. The second-order valence-corrected chi connectivity index (χ2v) is 4.88. The van der Waals surface area contributed by atoms with E-state index in [-0.39, 0.29) is 5.69 Å². The van der Waals surface area contributed by atoms with E-state index < -0.39 is 10.9 Å². The van der Waals surface area contributed by atoms with Crippen molar-refractivity contribution in [2.24, 2.45) is 0 Å². The highest BCUT2D eigenvalue weighted by Gasteiger charge is 2.08. The lowest BCUT2D eigenvalue weighted by Crippen LogP contribution is -2.09. The van der Waals surface area contributed by atoms with Crippen LogP contribution in [-0.4, -0.2) is 10.9 Å². The van der Waals surface area contributed by atoms with E-state index in [0.717, 1.165) is 5.56 Å². The number of aryl methyl sites for hydroxylation is 1. The first-order valence-corrected chi connectivity index (χ1v) is 6.67. The predicted molar refractivity (Wildman–Crippen MR) is 83.6 cm³/mol. The minimum Gasteiger partial charge on any atom is -0.423 e. The molecule has 0 aliphatic rings. The number of ether oxygens (including phenoxy) is 1. The van der Waals surface area contributed by atoms with E-state index in [1.807, 2.05) is 19.1 Å². The number of carbonyl (C=O) groups excluding carboxylic acids is 1. The highest BCUT2D eigenvalue weighted by molar-refractivity contribution is 5.94. The van der Waals surface area contributed by atoms with Gasteiger partial charge in [0, 0.05) is 17.7 Å². The van der Waals surface area contributed by atoms with Crippen LogP contribution in [-0.2, 0) is 4.79 Å². The Morgan fingerprint density at radius 1 is 1.09 bits per heavy atom. The smallest absolute Gasteiger partial charge is 0.339 e. The molecule has 5 nitrogen and oxygen atoms in total. The summed E-state index contributed by atoms with van der Waals surface area (Å²) in [7, 11) is 0. The van der Waals surface area contributed by atoms with Crippen molar-refractivity contribution in [1.29, 1.82) is 0 Å². The van der Waals surface area contributed by atoms with E-state index >= 15 is 0 Å². The van der Waals surface area contributed by atoms with Crippen molar-refractivity contribution in [2.75, 3.05) is 0 Å². The molecule has 0 N–H and O–H groups in total. The van der Waals surface area contributed by atoms with Crippen LogP contribution in [0, 0.1) is 17.0 Å². The number of carbonyl (C=O) groups is 1. The average Bonchev–Trinajstić information content (AvgIpc) is 2.50. The van der Waals surface area contributed by atoms with Gasteiger partial charge in [-0.05, 0) is 49.8 Å². The molecular formula is C17H15NO4. The fraction of sp³-hybridized carbons (Fsp3) is 0.118. The van der Waals surface area contributed by atoms with Gasteiger partial charge in [0.05, 0.1) is 4.92 Å². The second kappa shape index (κ2) is 6.67. The number of non-ortho nitro benzene ring substituents is 1. The van der Waals surface area contributed by atoms with Crippen molar-refractivity contribution in [3.63, 3.8) is 0 Å². The van der Waals surface area contributed by atoms with E-state index in [9.17, 15) is 14.9 Å². The number of benzene rings is 2. The zero-order valence-electron chi connectivity index (χ0n) is 12.3. The molecule has 0 saturated carbocycles. The molecule has 0 spiro atoms. The Labute approximate surface area is 128 Å². The van der Waals surface area contributed by atoms with Gasteiger partial charge in [0.25, 0.3) is 5.69 Å². The summed E-state index contributed by atoms with van der Waals surface area (Å²) in [6.07, 6.45) is 1.63. The number of hydrogen-bond donors (Lipinski definition) is 0. The third-order valence-corrected chi connectivity index (χ3v) is 3.04. The van der Waals surface area contributed by atoms with Crippen molar-refractivity contribution in [1.82, 2.24) is 0 Å². The zero-order chi connectivity index (χ0) is 16.1. The molecule has 22 heavy (non-hydrogen) atoms. The van der Waals surface area contributed by atoms with E-state index in [0.29, 0.717) is 16.9 Å². The van der Waals surface area contributed by atoms with Gasteiger partial charge < -0.3 is 4.74 Å². The van der Waals surface area contributed by atoms with E-state index in [4.69, 9.17) is 4.74 Å². The molecular weight excluding hydrogens is 282 g/mol. The third kappa shape index (κ3) is 4.02. The fourth-order valence-corrected chi connectivity index (χ4v) is 1.80. The van der Waals surface area contributed by atoms with Crippen LogP contribution in [0.25, 0.3) is 6.08 Å². The van der Waals surface area contributed by atoms with Crippen molar-refractivity contribution < 1.29 is 14.5 Å². The summed E-state index contributed by atoms with van der Waals surface area (Å²) < 4.78 is 5.25. The molecule has 0 amide bonds. The molecule has 0 aromatic heterocycles. The Hall–Kier alpha value is -2.95. The average molecular weight is 297 g/mol. The van der Waals surface area contributed by atoms with Gasteiger partial charge >= 0.3 is 5.97 Å². The van der Waals surface area contributed by atoms with Gasteiger partial charge in [0.2, 0.25) is 0 Å². The van der Waals surface area contributed by atoms with E-state index in [1.54, 1.807) is 37.3 Å². The molecule has 0 aliphatic heterocycles. The van der Waals surface area contributed by atoms with Gasteiger partial charge in [-0.25, -0.2) is 4.79 Å². The number of nitro benzene ring substituents is 1. The quantitative estimate of drug-likeness (QED) is 0.282. The van der Waals surface area contributed by atoms with E-state index in [2.05, 4.69) is 0 Å². The lowest BCUT2D eigenvalue weighted by molar-refractivity contribution is -0.384. The first kappa shape index (κ1) is 15.4. The number of hydrogen-bond acceptors (Lipinski definition) is 4. The lowest BCUT2D eigenvalue weighted by atomic mass is 10.1. The normalized spacial score (nSPS) is 11.1. The Bertz CT molecular complexity index is 715. The molecule has 0 fully saturated rings. The van der Waals surface area contributed by atoms with Gasteiger partial charge in [-0.1, -0.05) is 17.7 Å². The fourth-order valence-electron chi connectivity index (χ4n) is 1.80. The van der Waals surface area contributed by atoms with Crippen molar-refractivity contribution in [3.8, 4) is 5.75 Å². The van der Waals surface area contributed by atoms with Crippen LogP contribution >= 0.6 is 0 Å². The van der Waals surface area contributed by atoms with E-state index in [1.165, 1.54) is 12.1 Å². The summed E-state index contributed by atoms with van der Waals surface area (Å²) in [5.41, 5.74) is 2.20. The van der Waals surface area contributed by atoms with Gasteiger partial charge in [0.1, 0.15) is 5.75 Å². The van der Waals surface area contributed by atoms with Gasteiger partial charge in [0.15, 0.2) is 0 Å². The molecule has 0 bridgehead atoms. The highest BCUT2D eigenvalue weighted by atomic mass is 16.6. The van der Waals surface area contributed by atoms with Gasteiger partial charge in [-0.3, -0.25) is 10.1 Å². The number of nitro groups is 1. The molecule has 0 saturated heterocycles. The summed E-state index contributed by atoms with van der Waals surface area (Å²) in [6.45, 7) is 3.59. The maximum Gasteiger partial charge on any atom is 0.339 e. The molecule has 5 heteroatoms. The maximum atomic E-state index is 12.0. The summed E-state index contributed by atoms with van der Waals surface area (Å²) in [5.74, 6) is 0.0225. The lowest BCUT2D eigenvalue weighted by Gasteiger charge is -2.05. The summed E-state index contributed by atoms with van der Waals surface area (Å²) in [5, 5.41) is 10.6. The molecule has 2 aromatic rings. The molecule has 112 valence electrons. The SMILES string of the molecule is CC(=Cc1ccc([N+](=O)[O-])cc1)C(=O)Oc1ccc(C)cc1. The van der Waals surface area contributed by atoms with Crippen molar-refractivity contribution >= 4 is 17.7 Å². The van der Waals surface area contributed by atoms with Crippen molar-refractivity contribution in [3.05, 3.63) is 75.3 Å². The Kier molecular flexibility index (Phi) is 4.68. The minimum atomic E-state index is -0.466. The molecule has 0 atom stereocenters. The second-order valence-electron chi connectivity index (χ2n) is 4.88. The third-order valence-electron chi connectivity index (χ3n) is 3.04. The Morgan fingerprint density at radius 2 is 1.68 bits per heavy atom. The van der Waals surface area contributed by atoms with Crippen LogP contribution in [0.1, 0.15) is 18.1 Å². The standard InChI is InChI=1S/C17H15NO4/c1-12-3-9-16(10-4-12)22-17(19)13(2)11-14-5-7-15(8-6-14)18(20)21/h3-11H,1-2H3. The Balaban J connectivity index is 2.08. The molecule has 2 aromatic carbocycles. The molecule has 0 aliphatic carbocycles. The van der Waals surface area contributed by atoms with Crippen molar-refractivity contribution in [2.45, 2.75) is 13.8 Å². The number of rotatable bonds is 4. The summed E-state index contributed by atoms with van der Waals surface area (Å²) >= 11 is 0. The Morgan fingerprint density at radius 3 is 2.23 bits per heavy atom. The maximum absolute atomic E-state index is 12.0. The van der Waals surface area contributed by atoms with Crippen LogP contribution in [0.2, 0.25) is 0 Å². The van der Waals surface area contributed by atoms with Crippen LogP contribution < -0.4 is 4.74 Å². The first-order valence-electron chi connectivity index (χ1n) is 6.67. The monoisotopic (exact) mass is 297 g/mol. The van der Waals surface area contributed by atoms with Crippen LogP contribution in [0.5, 0.6) is 5.75 Å². The van der Waals surface area contributed by atoms with Crippen LogP contribution in [0.15, 0.2) is 54.1 Å². The molecule has 2 rings (SSSR count). The zero-order valence-corrected chi connectivity index (χ0v) is 12.3. The topological polar surface area (TPSA) is 69.4 Å². The highest BCUT2D eigenvalue weighted by Crippen LogP contribution is 2.16. The number of nitrogens with zero attached hydrogens (tertiary/aromatic N) is 1. The minimum absolute atomic E-state index is 0.0111.